The van der Waals surface area contributed by atoms with E-state index >= 15 is 0 Å². The minimum atomic E-state index is -3.57. The van der Waals surface area contributed by atoms with Gasteiger partial charge >= 0.3 is 0 Å². The molecule has 0 fully saturated rings. The fourth-order valence-electron chi connectivity index (χ4n) is 2.07. The van der Waals surface area contributed by atoms with Crippen molar-refractivity contribution in [1.29, 1.82) is 0 Å². The van der Waals surface area contributed by atoms with Gasteiger partial charge in [-0.2, -0.15) is 0 Å². The quantitative estimate of drug-likeness (QED) is 0.753. The second kappa shape index (κ2) is 8.82. The lowest BCUT2D eigenvalue weighted by atomic mass is 10.1. The Morgan fingerprint density at radius 2 is 1.62 bits per heavy atom. The molecule has 2 aromatic rings. The second-order valence-corrected chi connectivity index (χ2v) is 7.39. The number of hydrogen-bond donors (Lipinski definition) is 2. The number of halogens is 1. The summed E-state index contributed by atoms with van der Waals surface area (Å²) in [5, 5.41) is 3.44. The predicted octanol–water partition coefficient (Wildman–Crippen LogP) is 2.37. The highest BCUT2D eigenvalue weighted by atomic mass is 35.5. The fraction of sp³-hybridized carbons (Fsp3) is 0.235. The summed E-state index contributed by atoms with van der Waals surface area (Å²) in [6.45, 7) is 0.551. The largest absolute Gasteiger partial charge is 0.356 e. The van der Waals surface area contributed by atoms with Gasteiger partial charge in [-0.25, -0.2) is 13.1 Å². The molecule has 128 valence electrons. The third kappa shape index (κ3) is 5.96. The molecule has 0 aliphatic heterocycles. The van der Waals surface area contributed by atoms with Gasteiger partial charge in [-0.05, 0) is 36.2 Å². The van der Waals surface area contributed by atoms with Crippen molar-refractivity contribution in [2.75, 3.05) is 13.1 Å². The monoisotopic (exact) mass is 366 g/mol. The molecule has 0 heterocycles. The molecule has 5 nitrogen and oxygen atoms in total. The van der Waals surface area contributed by atoms with Crippen LogP contribution in [0.15, 0.2) is 59.5 Å². The van der Waals surface area contributed by atoms with E-state index in [1.54, 1.807) is 30.3 Å². The zero-order valence-electron chi connectivity index (χ0n) is 13.0. The lowest BCUT2D eigenvalue weighted by Crippen LogP contribution is -2.31. The summed E-state index contributed by atoms with van der Waals surface area (Å²) in [5.41, 5.74) is 1.07. The number of carbonyl (C=O) groups is 1. The van der Waals surface area contributed by atoms with Crippen molar-refractivity contribution in [3.63, 3.8) is 0 Å². The molecule has 2 aromatic carbocycles. The topological polar surface area (TPSA) is 75.3 Å². The molecule has 0 atom stereocenters. The van der Waals surface area contributed by atoms with E-state index in [9.17, 15) is 13.2 Å². The van der Waals surface area contributed by atoms with Crippen LogP contribution < -0.4 is 10.0 Å². The molecule has 2 rings (SSSR count). The lowest BCUT2D eigenvalue weighted by molar-refractivity contribution is -0.120. The average molecular weight is 367 g/mol. The highest BCUT2D eigenvalue weighted by molar-refractivity contribution is 7.89. The van der Waals surface area contributed by atoms with E-state index in [1.165, 1.54) is 12.1 Å². The van der Waals surface area contributed by atoms with Crippen LogP contribution in [0.25, 0.3) is 0 Å². The lowest BCUT2D eigenvalue weighted by Gasteiger charge is -2.08. The minimum absolute atomic E-state index is 0.0595. The van der Waals surface area contributed by atoms with E-state index in [0.717, 1.165) is 5.56 Å². The van der Waals surface area contributed by atoms with Gasteiger partial charge in [-0.15, -0.1) is 0 Å². The van der Waals surface area contributed by atoms with Crippen molar-refractivity contribution in [2.24, 2.45) is 0 Å². The molecule has 2 N–H and O–H groups in total. The first kappa shape index (κ1) is 18.4. The number of rotatable bonds is 8. The van der Waals surface area contributed by atoms with E-state index in [-0.39, 0.29) is 23.8 Å². The van der Waals surface area contributed by atoms with Gasteiger partial charge in [0, 0.05) is 24.5 Å². The standard InChI is InChI=1S/C17H19ClN2O3S/c18-15-8-6-14(7-9-15)10-12-19-17(21)11-13-20-24(22,23)16-4-2-1-3-5-16/h1-9,20H,10-13H2,(H,19,21). The third-order valence-corrected chi connectivity index (χ3v) is 5.08. The van der Waals surface area contributed by atoms with Crippen LogP contribution in [0.1, 0.15) is 12.0 Å². The van der Waals surface area contributed by atoms with E-state index < -0.39 is 10.0 Å². The molecule has 0 aliphatic carbocycles. The van der Waals surface area contributed by atoms with Crippen molar-refractivity contribution >= 4 is 27.5 Å². The molecular weight excluding hydrogens is 348 g/mol. The van der Waals surface area contributed by atoms with Crippen LogP contribution >= 0.6 is 11.6 Å². The first-order valence-electron chi connectivity index (χ1n) is 7.53. The van der Waals surface area contributed by atoms with E-state index in [0.29, 0.717) is 18.0 Å². The molecule has 0 aromatic heterocycles. The Morgan fingerprint density at radius 3 is 2.29 bits per heavy atom. The molecule has 0 unspecified atom stereocenters. The number of amides is 1. The second-order valence-electron chi connectivity index (χ2n) is 5.19. The summed E-state index contributed by atoms with van der Waals surface area (Å²) >= 11 is 5.81. The fourth-order valence-corrected chi connectivity index (χ4v) is 3.25. The Balaban J connectivity index is 1.69. The number of hydrogen-bond acceptors (Lipinski definition) is 3. The first-order valence-corrected chi connectivity index (χ1v) is 9.39. The molecule has 0 spiro atoms. The van der Waals surface area contributed by atoms with Crippen molar-refractivity contribution < 1.29 is 13.2 Å². The summed E-state index contributed by atoms with van der Waals surface area (Å²) in [5.74, 6) is -0.195. The van der Waals surface area contributed by atoms with Crippen molar-refractivity contribution in [1.82, 2.24) is 10.0 Å². The minimum Gasteiger partial charge on any atom is -0.356 e. The zero-order valence-corrected chi connectivity index (χ0v) is 14.6. The van der Waals surface area contributed by atoms with Crippen LogP contribution in [-0.2, 0) is 21.2 Å². The number of benzene rings is 2. The van der Waals surface area contributed by atoms with Gasteiger partial charge in [0.25, 0.3) is 0 Å². The summed E-state index contributed by atoms with van der Waals surface area (Å²) in [6.07, 6.45) is 0.783. The molecule has 7 heteroatoms. The van der Waals surface area contributed by atoms with Crippen molar-refractivity contribution in [3.05, 3.63) is 65.2 Å². The normalized spacial score (nSPS) is 11.2. The Hall–Kier alpha value is -1.89. The van der Waals surface area contributed by atoms with Gasteiger partial charge in [-0.1, -0.05) is 41.9 Å². The third-order valence-electron chi connectivity index (χ3n) is 3.35. The van der Waals surface area contributed by atoms with Crippen LogP contribution in [-0.4, -0.2) is 27.4 Å². The maximum Gasteiger partial charge on any atom is 0.240 e. The van der Waals surface area contributed by atoms with Crippen LogP contribution in [0, 0.1) is 0 Å². The number of carbonyl (C=O) groups excluding carboxylic acids is 1. The highest BCUT2D eigenvalue weighted by Crippen LogP contribution is 2.09. The molecule has 0 saturated heterocycles. The maximum atomic E-state index is 12.0. The Bertz CT molecular complexity index is 762. The van der Waals surface area contributed by atoms with Crippen LogP contribution in [0.3, 0.4) is 0 Å². The van der Waals surface area contributed by atoms with E-state index in [4.69, 9.17) is 11.6 Å². The first-order chi connectivity index (χ1) is 11.5. The van der Waals surface area contributed by atoms with Gasteiger partial charge in [0.15, 0.2) is 0 Å². The number of nitrogens with one attached hydrogen (secondary N) is 2. The van der Waals surface area contributed by atoms with Crippen LogP contribution in [0.5, 0.6) is 0 Å². The van der Waals surface area contributed by atoms with Gasteiger partial charge in [-0.3, -0.25) is 4.79 Å². The molecule has 0 saturated carbocycles. The summed E-state index contributed by atoms with van der Waals surface area (Å²) in [7, 11) is -3.57. The number of sulfonamides is 1. The summed E-state index contributed by atoms with van der Waals surface area (Å²) in [6, 6.07) is 15.5. The van der Waals surface area contributed by atoms with Crippen LogP contribution in [0.4, 0.5) is 0 Å². The van der Waals surface area contributed by atoms with Crippen molar-refractivity contribution in [2.45, 2.75) is 17.7 Å². The molecule has 1 amide bonds. The van der Waals surface area contributed by atoms with Crippen LogP contribution in [0.2, 0.25) is 5.02 Å². The Kier molecular flexibility index (Phi) is 6.78. The maximum absolute atomic E-state index is 12.0. The van der Waals surface area contributed by atoms with Gasteiger partial charge in [0.05, 0.1) is 4.90 Å². The van der Waals surface area contributed by atoms with E-state index in [1.807, 2.05) is 12.1 Å². The van der Waals surface area contributed by atoms with Gasteiger partial charge < -0.3 is 5.32 Å². The molecule has 0 bridgehead atoms. The molecule has 0 radical (unpaired) electrons. The van der Waals surface area contributed by atoms with Crippen molar-refractivity contribution in [3.8, 4) is 0 Å². The molecule has 0 aliphatic rings. The summed E-state index contributed by atoms with van der Waals surface area (Å²) in [4.78, 5) is 11.9. The Morgan fingerprint density at radius 1 is 0.958 bits per heavy atom. The zero-order chi connectivity index (χ0) is 17.4. The predicted molar refractivity (Wildman–Crippen MR) is 94.4 cm³/mol. The SMILES string of the molecule is O=C(CCNS(=O)(=O)c1ccccc1)NCCc1ccc(Cl)cc1. The highest BCUT2D eigenvalue weighted by Gasteiger charge is 2.13. The molecule has 24 heavy (non-hydrogen) atoms. The van der Waals surface area contributed by atoms with E-state index in [2.05, 4.69) is 10.0 Å². The smallest absolute Gasteiger partial charge is 0.240 e. The summed E-state index contributed by atoms with van der Waals surface area (Å²) < 4.78 is 26.4. The van der Waals surface area contributed by atoms with Gasteiger partial charge in [0.2, 0.25) is 15.9 Å². The van der Waals surface area contributed by atoms with Gasteiger partial charge in [0.1, 0.15) is 0 Å². The average Bonchev–Trinajstić information content (AvgIpc) is 2.57. The molecular formula is C17H19ClN2O3S. The Labute approximate surface area is 147 Å².